The van der Waals surface area contributed by atoms with Crippen LogP contribution >= 0.6 is 12.2 Å². The summed E-state index contributed by atoms with van der Waals surface area (Å²) in [5, 5.41) is 21.1. The highest BCUT2D eigenvalue weighted by Gasteiger charge is 2.45. The van der Waals surface area contributed by atoms with E-state index in [1.807, 2.05) is 0 Å². The van der Waals surface area contributed by atoms with Crippen molar-refractivity contribution in [1.82, 2.24) is 19.5 Å². The van der Waals surface area contributed by atoms with Gasteiger partial charge < -0.3 is 30.4 Å². The maximum Gasteiger partial charge on any atom is 0.305 e. The fourth-order valence-electron chi connectivity index (χ4n) is 4.88. The van der Waals surface area contributed by atoms with Gasteiger partial charge in [0.15, 0.2) is 22.2 Å². The zero-order valence-corrected chi connectivity index (χ0v) is 23.1. The summed E-state index contributed by atoms with van der Waals surface area (Å²) in [6.45, 7) is 2.03. The van der Waals surface area contributed by atoms with Crippen LogP contribution in [-0.2, 0) is 14.3 Å². The summed E-state index contributed by atoms with van der Waals surface area (Å²) in [5.41, 5.74) is 5.28. The van der Waals surface area contributed by atoms with Gasteiger partial charge in [0.1, 0.15) is 24.9 Å². The minimum Gasteiger partial charge on any atom is -0.463 e. The highest BCUT2D eigenvalue weighted by Crippen LogP contribution is 2.32. The Kier molecular flexibility index (Phi) is 12.2. The summed E-state index contributed by atoms with van der Waals surface area (Å²) in [6.07, 6.45) is 11.4. The SMILES string of the molecule is CCCCCCCCCCCCCCCC(=O)OC[C@H]1O[C@@H](n2c(=S)[nH]c3c(=O)[nH]c(N)nc32)[C@H](O)[C@@H]1O. The van der Waals surface area contributed by atoms with Gasteiger partial charge in [-0.15, -0.1) is 0 Å². The molecule has 0 spiro atoms. The highest BCUT2D eigenvalue weighted by atomic mass is 32.1. The molecule has 2 aromatic heterocycles. The van der Waals surface area contributed by atoms with Crippen molar-refractivity contribution in [2.24, 2.45) is 0 Å². The Morgan fingerprint density at radius 2 is 1.58 bits per heavy atom. The minimum atomic E-state index is -1.38. The number of nitrogens with zero attached hydrogens (tertiary/aromatic N) is 2. The summed E-state index contributed by atoms with van der Waals surface area (Å²) < 4.78 is 12.4. The monoisotopic (exact) mass is 553 g/mol. The number of aromatic nitrogens is 4. The van der Waals surface area contributed by atoms with Crippen molar-refractivity contribution < 1.29 is 24.5 Å². The highest BCUT2D eigenvalue weighted by molar-refractivity contribution is 7.71. The average molecular weight is 554 g/mol. The Labute approximate surface area is 228 Å². The number of fused-ring (bicyclic) bond motifs is 1. The van der Waals surface area contributed by atoms with Gasteiger partial charge in [-0.3, -0.25) is 19.1 Å². The molecule has 12 heteroatoms. The topological polar surface area (TPSA) is 168 Å². The van der Waals surface area contributed by atoms with Crippen molar-refractivity contribution >= 4 is 35.3 Å². The molecule has 214 valence electrons. The molecule has 0 unspecified atom stereocenters. The lowest BCUT2D eigenvalue weighted by Gasteiger charge is -2.16. The fraction of sp³-hybridized carbons (Fsp3) is 0.769. The number of aliphatic hydroxyl groups is 2. The molecule has 38 heavy (non-hydrogen) atoms. The summed E-state index contributed by atoms with van der Waals surface area (Å²) in [4.78, 5) is 33.5. The lowest BCUT2D eigenvalue weighted by atomic mass is 10.0. The van der Waals surface area contributed by atoms with Crippen LogP contribution in [0.25, 0.3) is 11.2 Å². The largest absolute Gasteiger partial charge is 0.463 e. The molecule has 3 heterocycles. The van der Waals surface area contributed by atoms with E-state index < -0.39 is 30.1 Å². The van der Waals surface area contributed by atoms with Crippen LogP contribution in [0.4, 0.5) is 5.95 Å². The van der Waals surface area contributed by atoms with Gasteiger partial charge in [0.05, 0.1) is 0 Å². The molecule has 0 aliphatic carbocycles. The van der Waals surface area contributed by atoms with E-state index in [1.165, 1.54) is 68.8 Å². The molecule has 0 saturated carbocycles. The Morgan fingerprint density at radius 3 is 2.18 bits per heavy atom. The molecular formula is C26H43N5O6S. The molecule has 3 rings (SSSR count). The lowest BCUT2D eigenvalue weighted by Crippen LogP contribution is -2.34. The van der Waals surface area contributed by atoms with Crippen LogP contribution in [0.5, 0.6) is 0 Å². The molecule has 1 aliphatic heterocycles. The fourth-order valence-corrected chi connectivity index (χ4v) is 5.17. The molecule has 0 bridgehead atoms. The molecule has 0 aromatic carbocycles. The normalized spacial score (nSPS) is 21.3. The second-order valence-corrected chi connectivity index (χ2v) is 10.6. The number of imidazole rings is 1. The zero-order valence-electron chi connectivity index (χ0n) is 22.3. The smallest absolute Gasteiger partial charge is 0.305 e. The zero-order chi connectivity index (χ0) is 27.5. The second-order valence-electron chi connectivity index (χ2n) is 10.2. The van der Waals surface area contributed by atoms with Gasteiger partial charge in [0.2, 0.25) is 5.95 Å². The Balaban J connectivity index is 1.33. The number of nitrogens with one attached hydrogen (secondary N) is 2. The second kappa shape index (κ2) is 15.3. The quantitative estimate of drug-likeness (QED) is 0.110. The number of esters is 1. The van der Waals surface area contributed by atoms with E-state index >= 15 is 0 Å². The van der Waals surface area contributed by atoms with E-state index in [0.29, 0.717) is 6.42 Å². The Bertz CT molecular complexity index is 1130. The van der Waals surface area contributed by atoms with Crippen LogP contribution in [0.2, 0.25) is 0 Å². The van der Waals surface area contributed by atoms with Gasteiger partial charge in [-0.05, 0) is 18.6 Å². The van der Waals surface area contributed by atoms with Crippen LogP contribution in [0.1, 0.15) is 103 Å². The van der Waals surface area contributed by atoms with Crippen molar-refractivity contribution in [3.8, 4) is 0 Å². The number of ether oxygens (including phenoxy) is 2. The minimum absolute atomic E-state index is 0.0694. The van der Waals surface area contributed by atoms with Crippen LogP contribution in [0.15, 0.2) is 4.79 Å². The Morgan fingerprint density at radius 1 is 1.00 bits per heavy atom. The van der Waals surface area contributed by atoms with Crippen molar-refractivity contribution in [3.63, 3.8) is 0 Å². The third-order valence-corrected chi connectivity index (χ3v) is 7.38. The number of hydrogen-bond donors (Lipinski definition) is 5. The molecule has 1 fully saturated rings. The van der Waals surface area contributed by atoms with Crippen molar-refractivity contribution in [2.75, 3.05) is 12.3 Å². The van der Waals surface area contributed by atoms with E-state index in [9.17, 15) is 19.8 Å². The summed E-state index contributed by atoms with van der Waals surface area (Å²) in [5.74, 6) is -0.497. The Hall–Kier alpha value is -2.28. The van der Waals surface area contributed by atoms with Gasteiger partial charge >= 0.3 is 5.97 Å². The summed E-state index contributed by atoms with van der Waals surface area (Å²) in [7, 11) is 0. The number of aromatic amines is 2. The van der Waals surface area contributed by atoms with Gasteiger partial charge in [-0.25, -0.2) is 0 Å². The number of hydrogen-bond acceptors (Lipinski definition) is 9. The number of rotatable bonds is 17. The molecule has 4 atom stereocenters. The van der Waals surface area contributed by atoms with Crippen LogP contribution in [-0.4, -0.2) is 60.6 Å². The summed E-state index contributed by atoms with van der Waals surface area (Å²) >= 11 is 5.27. The lowest BCUT2D eigenvalue weighted by molar-refractivity contribution is -0.150. The number of nitrogens with two attached hydrogens (primary N) is 1. The first-order chi connectivity index (χ1) is 18.3. The first kappa shape index (κ1) is 30.3. The number of carbonyl (C=O) groups is 1. The molecule has 2 aromatic rings. The van der Waals surface area contributed by atoms with Crippen LogP contribution < -0.4 is 11.3 Å². The molecule has 0 amide bonds. The van der Waals surface area contributed by atoms with E-state index in [4.69, 9.17) is 27.4 Å². The van der Waals surface area contributed by atoms with Gasteiger partial charge in [0, 0.05) is 6.42 Å². The van der Waals surface area contributed by atoms with E-state index in [0.717, 1.165) is 19.3 Å². The van der Waals surface area contributed by atoms with Gasteiger partial charge in [-0.1, -0.05) is 84.0 Å². The third kappa shape index (κ3) is 8.36. The predicted octanol–water partition coefficient (Wildman–Crippen LogP) is 4.01. The van der Waals surface area contributed by atoms with Crippen molar-refractivity contribution in [3.05, 3.63) is 15.1 Å². The standard InChI is InChI=1S/C26H43N5O6S/c1-2-3-4-5-6-7-8-9-10-11-12-13-14-15-18(32)36-16-17-20(33)21(34)24(37-17)31-22-19(28-26(31)38)23(35)30-25(27)29-22/h17,20-21,24,33-34H,2-16H2,1H3,(H,28,38)(H3,27,29,30,35)/t17-,20-,21-,24-/m1/s1. The molecule has 1 saturated heterocycles. The molecule has 6 N–H and O–H groups in total. The van der Waals surface area contributed by atoms with E-state index in [-0.39, 0.29) is 34.5 Å². The first-order valence-corrected chi connectivity index (χ1v) is 14.4. The number of aliphatic hydroxyl groups excluding tert-OH is 2. The molecule has 0 radical (unpaired) electrons. The number of H-pyrrole nitrogens is 2. The predicted molar refractivity (Wildman–Crippen MR) is 147 cm³/mol. The maximum atomic E-state index is 12.2. The average Bonchev–Trinajstić information content (AvgIpc) is 3.35. The van der Waals surface area contributed by atoms with Crippen LogP contribution in [0, 0.1) is 4.77 Å². The first-order valence-electron chi connectivity index (χ1n) is 14.0. The third-order valence-electron chi connectivity index (χ3n) is 7.08. The maximum absolute atomic E-state index is 12.2. The number of nitrogen functional groups attached to an aromatic ring is 1. The summed E-state index contributed by atoms with van der Waals surface area (Å²) in [6, 6.07) is 0. The van der Waals surface area contributed by atoms with Crippen molar-refractivity contribution in [1.29, 1.82) is 0 Å². The molecule has 11 nitrogen and oxygen atoms in total. The van der Waals surface area contributed by atoms with Crippen LogP contribution in [0.3, 0.4) is 0 Å². The number of unbranched alkanes of at least 4 members (excludes halogenated alkanes) is 12. The molecular weight excluding hydrogens is 510 g/mol. The number of carbonyl (C=O) groups excluding carboxylic acids is 1. The number of anilines is 1. The van der Waals surface area contributed by atoms with Gasteiger partial charge in [-0.2, -0.15) is 4.98 Å². The van der Waals surface area contributed by atoms with E-state index in [2.05, 4.69) is 21.9 Å². The van der Waals surface area contributed by atoms with Crippen molar-refractivity contribution in [2.45, 2.75) is 121 Å². The molecule has 1 aliphatic rings. The van der Waals surface area contributed by atoms with Gasteiger partial charge in [0.25, 0.3) is 5.56 Å². The van der Waals surface area contributed by atoms with E-state index in [1.54, 1.807) is 0 Å².